The molecular weight excluding hydrogens is 518 g/mol. The maximum absolute atomic E-state index is 14.9. The third kappa shape index (κ3) is 5.08. The summed E-state index contributed by atoms with van der Waals surface area (Å²) in [5, 5.41) is 8.98. The zero-order valence-corrected chi connectivity index (χ0v) is 21.7. The molecule has 0 spiro atoms. The first-order valence-electron chi connectivity index (χ1n) is 12.9. The van der Waals surface area contributed by atoms with E-state index < -0.39 is 35.8 Å². The number of carboxylic acids is 1. The second kappa shape index (κ2) is 10.5. The molecule has 2 amide bonds. The Kier molecular flexibility index (Phi) is 7.31. The van der Waals surface area contributed by atoms with Gasteiger partial charge in [-0.25, -0.2) is 13.6 Å². The molecule has 0 aromatic heterocycles. The number of benzene rings is 2. The lowest BCUT2D eigenvalue weighted by Crippen LogP contribution is -2.53. The minimum atomic E-state index is -1.06. The second-order valence-electron chi connectivity index (χ2n) is 10.3. The highest BCUT2D eigenvalue weighted by molar-refractivity contribution is 6.31. The van der Waals surface area contributed by atoms with E-state index in [1.165, 1.54) is 29.2 Å². The van der Waals surface area contributed by atoms with Gasteiger partial charge in [0.2, 0.25) is 5.91 Å². The summed E-state index contributed by atoms with van der Waals surface area (Å²) >= 11 is 6.19. The minimum Gasteiger partial charge on any atom is -0.481 e. The first kappa shape index (κ1) is 26.4. The van der Waals surface area contributed by atoms with Crippen molar-refractivity contribution in [2.75, 3.05) is 4.90 Å². The predicted molar refractivity (Wildman–Crippen MR) is 136 cm³/mol. The van der Waals surface area contributed by atoms with E-state index in [-0.39, 0.29) is 41.8 Å². The zero-order valence-electron chi connectivity index (χ0n) is 20.9. The number of hydrogen-bond donors (Lipinski definition) is 1. The van der Waals surface area contributed by atoms with Crippen molar-refractivity contribution in [2.45, 2.75) is 76.1 Å². The summed E-state index contributed by atoms with van der Waals surface area (Å²) in [7, 11) is 0. The first-order valence-corrected chi connectivity index (χ1v) is 13.3. The van der Waals surface area contributed by atoms with Crippen molar-refractivity contribution >= 4 is 35.3 Å². The molecule has 1 heterocycles. The van der Waals surface area contributed by atoms with Gasteiger partial charge in [-0.15, -0.1) is 0 Å². The maximum Gasteiger partial charge on any atom is 0.415 e. The van der Waals surface area contributed by atoms with Crippen molar-refractivity contribution in [3.63, 3.8) is 0 Å². The van der Waals surface area contributed by atoms with Gasteiger partial charge in [-0.2, -0.15) is 0 Å². The van der Waals surface area contributed by atoms with Crippen LogP contribution in [0.5, 0.6) is 0 Å². The molecule has 4 unspecified atom stereocenters. The number of carboxylic acid groups (broad SMARTS) is 1. The van der Waals surface area contributed by atoms with E-state index in [2.05, 4.69) is 0 Å². The van der Waals surface area contributed by atoms with E-state index >= 15 is 0 Å². The monoisotopic (exact) mass is 546 g/mol. The molecule has 0 bridgehead atoms. The standard InChI is InChI=1S/C28H29ClF2N2O5/c1-15(16-5-7-17(30)8-6-16)38-28(37)33-23-4-2-3-19(23)27(20-13-22(31)21(29)14-24(20)33)32(18-9-10-18)25(34)11-12-26(35)36/h5-8,13-15,18-19,23,27H,2-4,9-12H2,1H3,(H,35,36). The van der Waals surface area contributed by atoms with E-state index in [1.807, 2.05) is 0 Å². The molecule has 0 saturated heterocycles. The van der Waals surface area contributed by atoms with Crippen LogP contribution in [-0.2, 0) is 14.3 Å². The maximum atomic E-state index is 14.9. The van der Waals surface area contributed by atoms with E-state index in [1.54, 1.807) is 24.0 Å². The number of ether oxygens (including phenoxy) is 1. The molecule has 5 rings (SSSR count). The number of aliphatic carboxylic acids is 1. The highest BCUT2D eigenvalue weighted by Gasteiger charge is 2.52. The van der Waals surface area contributed by atoms with E-state index in [9.17, 15) is 23.2 Å². The van der Waals surface area contributed by atoms with E-state index in [0.29, 0.717) is 29.7 Å². The van der Waals surface area contributed by atoms with Crippen LogP contribution in [0.4, 0.5) is 19.3 Å². The van der Waals surface area contributed by atoms with Crippen LogP contribution in [0.3, 0.4) is 0 Å². The molecule has 2 aromatic rings. The van der Waals surface area contributed by atoms with Crippen LogP contribution in [-0.4, -0.2) is 40.1 Å². The Morgan fingerprint density at radius 3 is 2.47 bits per heavy atom. The van der Waals surface area contributed by atoms with Crippen LogP contribution >= 0.6 is 11.6 Å². The molecule has 38 heavy (non-hydrogen) atoms. The van der Waals surface area contributed by atoms with Gasteiger partial charge in [-0.3, -0.25) is 14.5 Å². The lowest BCUT2D eigenvalue weighted by molar-refractivity contribution is -0.142. The van der Waals surface area contributed by atoms with Crippen molar-refractivity contribution in [1.29, 1.82) is 0 Å². The van der Waals surface area contributed by atoms with Gasteiger partial charge in [-0.05, 0) is 62.4 Å². The predicted octanol–water partition coefficient (Wildman–Crippen LogP) is 6.40. The molecule has 202 valence electrons. The van der Waals surface area contributed by atoms with Crippen LogP contribution in [0, 0.1) is 17.6 Å². The largest absolute Gasteiger partial charge is 0.481 e. The molecular formula is C28H29ClF2N2O5. The Bertz CT molecular complexity index is 1250. The number of hydrogen-bond acceptors (Lipinski definition) is 4. The molecule has 0 radical (unpaired) electrons. The number of fused-ring (bicyclic) bond motifs is 2. The Labute approximate surface area is 224 Å². The summed E-state index contributed by atoms with van der Waals surface area (Å²) < 4.78 is 34.1. The topological polar surface area (TPSA) is 87.2 Å². The normalized spacial score (nSPS) is 22.8. The van der Waals surface area contributed by atoms with Crippen molar-refractivity contribution in [3.8, 4) is 0 Å². The molecule has 7 nitrogen and oxygen atoms in total. The van der Waals surface area contributed by atoms with Crippen LogP contribution < -0.4 is 4.90 Å². The molecule has 1 N–H and O–H groups in total. The van der Waals surface area contributed by atoms with Crippen molar-refractivity contribution in [1.82, 2.24) is 4.90 Å². The lowest BCUT2D eigenvalue weighted by atomic mass is 9.81. The zero-order chi connectivity index (χ0) is 27.1. The summed E-state index contributed by atoms with van der Waals surface area (Å²) in [4.78, 5) is 41.4. The molecule has 3 aliphatic rings. The summed E-state index contributed by atoms with van der Waals surface area (Å²) in [5.41, 5.74) is 1.48. The SMILES string of the molecule is CC(OC(=O)N1c2cc(Cl)c(F)cc2C(N(C(=O)CCC(=O)O)C2CC2)C2CCCC21)c1ccc(F)cc1. The van der Waals surface area contributed by atoms with E-state index in [0.717, 1.165) is 19.3 Å². The quantitative estimate of drug-likeness (QED) is 0.434. The van der Waals surface area contributed by atoms with Crippen LogP contribution in [0.2, 0.25) is 5.02 Å². The minimum absolute atomic E-state index is 0.0499. The lowest BCUT2D eigenvalue weighted by Gasteiger charge is -2.47. The van der Waals surface area contributed by atoms with Gasteiger partial charge in [0, 0.05) is 30.0 Å². The Hall–Kier alpha value is -3.20. The van der Waals surface area contributed by atoms with Gasteiger partial charge >= 0.3 is 12.1 Å². The van der Waals surface area contributed by atoms with Gasteiger partial charge in [-0.1, -0.05) is 30.2 Å². The van der Waals surface area contributed by atoms with Gasteiger partial charge in [0.1, 0.15) is 17.7 Å². The summed E-state index contributed by atoms with van der Waals surface area (Å²) in [6.07, 6.45) is 2.03. The smallest absolute Gasteiger partial charge is 0.415 e. The van der Waals surface area contributed by atoms with Crippen LogP contribution in [0.15, 0.2) is 36.4 Å². The Morgan fingerprint density at radius 1 is 1.11 bits per heavy atom. The Morgan fingerprint density at radius 2 is 1.82 bits per heavy atom. The number of amides is 2. The van der Waals surface area contributed by atoms with Gasteiger partial charge in [0.05, 0.1) is 23.2 Å². The second-order valence-corrected chi connectivity index (χ2v) is 10.7. The number of carbonyl (C=O) groups is 3. The molecule has 2 saturated carbocycles. The van der Waals surface area contributed by atoms with Crippen LogP contribution in [0.25, 0.3) is 0 Å². The number of rotatable bonds is 7. The average molecular weight is 547 g/mol. The van der Waals surface area contributed by atoms with Gasteiger partial charge in [0.15, 0.2) is 0 Å². The van der Waals surface area contributed by atoms with E-state index in [4.69, 9.17) is 21.4 Å². The van der Waals surface area contributed by atoms with Crippen molar-refractivity contribution < 1.29 is 33.0 Å². The molecule has 1 aliphatic heterocycles. The molecule has 2 aliphatic carbocycles. The summed E-state index contributed by atoms with van der Waals surface area (Å²) in [6, 6.07) is 7.53. The van der Waals surface area contributed by atoms with Crippen LogP contribution in [0.1, 0.15) is 75.1 Å². The fourth-order valence-corrected chi connectivity index (χ4v) is 6.10. The third-order valence-corrected chi connectivity index (χ3v) is 8.10. The number of nitrogens with zero attached hydrogens (tertiary/aromatic N) is 2. The van der Waals surface area contributed by atoms with Gasteiger partial charge in [0.25, 0.3) is 0 Å². The average Bonchev–Trinajstić information content (AvgIpc) is 3.59. The number of carbonyl (C=O) groups excluding carboxylic acids is 2. The van der Waals surface area contributed by atoms with Crippen molar-refractivity contribution in [2.24, 2.45) is 5.92 Å². The highest BCUT2D eigenvalue weighted by Crippen LogP contribution is 2.53. The molecule has 10 heteroatoms. The van der Waals surface area contributed by atoms with Crippen molar-refractivity contribution in [3.05, 3.63) is 64.2 Å². The van der Waals surface area contributed by atoms with Gasteiger partial charge < -0.3 is 14.7 Å². The summed E-state index contributed by atoms with van der Waals surface area (Å²) in [5.74, 6) is -2.57. The fraction of sp³-hybridized carbons (Fsp3) is 0.464. The number of anilines is 1. The summed E-state index contributed by atoms with van der Waals surface area (Å²) in [6.45, 7) is 1.69. The number of halogens is 3. The highest BCUT2D eigenvalue weighted by atomic mass is 35.5. The fourth-order valence-electron chi connectivity index (χ4n) is 5.95. The third-order valence-electron chi connectivity index (χ3n) is 7.81. The molecule has 4 atom stereocenters. The first-order chi connectivity index (χ1) is 18.2. The molecule has 2 aromatic carbocycles. The Balaban J connectivity index is 1.52. The molecule has 2 fully saturated rings.